The van der Waals surface area contributed by atoms with Gasteiger partial charge < -0.3 is 9.64 Å². The van der Waals surface area contributed by atoms with Gasteiger partial charge in [0.05, 0.1) is 36.1 Å². The van der Waals surface area contributed by atoms with E-state index in [-0.39, 0.29) is 5.56 Å². The van der Waals surface area contributed by atoms with Gasteiger partial charge in [0.25, 0.3) is 5.56 Å². The van der Waals surface area contributed by atoms with Crippen molar-refractivity contribution < 1.29 is 4.74 Å². The molecule has 2 aliphatic rings. The first-order valence-corrected chi connectivity index (χ1v) is 10.7. The Hall–Kier alpha value is -2.71. The summed E-state index contributed by atoms with van der Waals surface area (Å²) in [6.07, 6.45) is 4.00. The number of hydrogen-bond donors (Lipinski definition) is 0. The Labute approximate surface area is 175 Å². The van der Waals surface area contributed by atoms with Crippen molar-refractivity contribution in [2.24, 2.45) is 0 Å². The van der Waals surface area contributed by atoms with Gasteiger partial charge in [0.2, 0.25) is 0 Å². The lowest BCUT2D eigenvalue weighted by atomic mass is 10.2. The fraction of sp³-hybridized carbons (Fsp3) is 0.500. The van der Waals surface area contributed by atoms with Crippen molar-refractivity contribution in [3.8, 4) is 0 Å². The van der Waals surface area contributed by atoms with Crippen molar-refractivity contribution in [2.75, 3.05) is 44.8 Å². The molecule has 1 aromatic carbocycles. The number of nitrogens with zero attached hydrogens (tertiary/aromatic N) is 6. The smallest absolute Gasteiger partial charge is 0.261 e. The minimum absolute atomic E-state index is 0.0135. The highest BCUT2D eigenvalue weighted by atomic mass is 16.5. The first-order chi connectivity index (χ1) is 14.7. The van der Waals surface area contributed by atoms with Gasteiger partial charge in [-0.3, -0.25) is 18.9 Å². The third kappa shape index (κ3) is 3.73. The molecule has 2 aromatic heterocycles. The molecule has 0 N–H and O–H groups in total. The zero-order chi connectivity index (χ0) is 20.5. The molecule has 8 nitrogen and oxygen atoms in total. The molecule has 0 amide bonds. The van der Waals surface area contributed by atoms with E-state index in [1.165, 1.54) is 17.8 Å². The summed E-state index contributed by atoms with van der Waals surface area (Å²) < 4.78 is 8.84. The summed E-state index contributed by atoms with van der Waals surface area (Å²) in [6.45, 7) is 6.94. The molecule has 0 aliphatic carbocycles. The second-order valence-electron chi connectivity index (χ2n) is 8.15. The van der Waals surface area contributed by atoms with Gasteiger partial charge in [-0.05, 0) is 37.1 Å². The van der Waals surface area contributed by atoms with Gasteiger partial charge in [-0.2, -0.15) is 5.10 Å². The standard InChI is InChI=1S/C22H28N6O2/c1-30-12-11-27-16-23-21-14-18(4-5-20(21)22(27)29)26-9-7-25(8-10-26)15-17-13-19-3-2-6-28(19)24-17/h4-5,13-14,16H,2-3,6-12,15H2,1H3. The quantitative estimate of drug-likeness (QED) is 0.616. The van der Waals surface area contributed by atoms with Gasteiger partial charge in [0, 0.05) is 57.8 Å². The predicted octanol–water partition coefficient (Wildman–Crippen LogP) is 1.51. The minimum atomic E-state index is -0.0135. The topological polar surface area (TPSA) is 68.4 Å². The summed E-state index contributed by atoms with van der Waals surface area (Å²) in [7, 11) is 1.63. The van der Waals surface area contributed by atoms with Crippen LogP contribution in [0.15, 0.2) is 35.4 Å². The molecule has 1 saturated heterocycles. The minimum Gasteiger partial charge on any atom is -0.383 e. The molecule has 8 heteroatoms. The van der Waals surface area contributed by atoms with Crippen LogP contribution in [0.2, 0.25) is 0 Å². The van der Waals surface area contributed by atoms with E-state index in [0.717, 1.165) is 56.9 Å². The Morgan fingerprint density at radius 2 is 1.97 bits per heavy atom. The Kier molecular flexibility index (Phi) is 5.26. The molecule has 0 bridgehead atoms. The molecule has 4 heterocycles. The Morgan fingerprint density at radius 3 is 2.77 bits per heavy atom. The third-order valence-electron chi connectivity index (χ3n) is 6.18. The number of aryl methyl sites for hydroxylation is 2. The van der Waals surface area contributed by atoms with Crippen LogP contribution in [0, 0.1) is 0 Å². The van der Waals surface area contributed by atoms with E-state index in [2.05, 4.69) is 25.5 Å². The van der Waals surface area contributed by atoms with E-state index >= 15 is 0 Å². The summed E-state index contributed by atoms with van der Waals surface area (Å²) in [4.78, 5) is 22.0. The van der Waals surface area contributed by atoms with Crippen molar-refractivity contribution >= 4 is 16.6 Å². The normalized spacial score (nSPS) is 17.0. The number of piperazine rings is 1. The number of rotatable bonds is 6. The Balaban J connectivity index is 1.24. The molecule has 1 fully saturated rings. The van der Waals surface area contributed by atoms with Crippen molar-refractivity contribution in [3.63, 3.8) is 0 Å². The van der Waals surface area contributed by atoms with Crippen LogP contribution in [0.3, 0.4) is 0 Å². The average molecular weight is 409 g/mol. The highest BCUT2D eigenvalue weighted by Gasteiger charge is 2.20. The van der Waals surface area contributed by atoms with Crippen molar-refractivity contribution in [2.45, 2.75) is 32.5 Å². The molecule has 3 aromatic rings. The van der Waals surface area contributed by atoms with E-state index in [9.17, 15) is 4.79 Å². The zero-order valence-electron chi connectivity index (χ0n) is 17.5. The van der Waals surface area contributed by atoms with Gasteiger partial charge in [0.15, 0.2) is 0 Å². The molecule has 0 radical (unpaired) electrons. The number of fused-ring (bicyclic) bond motifs is 2. The van der Waals surface area contributed by atoms with Gasteiger partial charge in [-0.1, -0.05) is 0 Å². The van der Waals surface area contributed by atoms with Gasteiger partial charge >= 0.3 is 0 Å². The van der Waals surface area contributed by atoms with Crippen LogP contribution < -0.4 is 10.5 Å². The Bertz CT molecular complexity index is 1080. The van der Waals surface area contributed by atoms with Crippen LogP contribution in [0.1, 0.15) is 17.8 Å². The monoisotopic (exact) mass is 408 g/mol. The maximum atomic E-state index is 12.6. The molecule has 0 saturated carbocycles. The molecule has 30 heavy (non-hydrogen) atoms. The van der Waals surface area contributed by atoms with E-state index in [4.69, 9.17) is 9.84 Å². The second-order valence-corrected chi connectivity index (χ2v) is 8.15. The molecule has 0 unspecified atom stereocenters. The summed E-state index contributed by atoms with van der Waals surface area (Å²) in [5, 5.41) is 5.40. The van der Waals surface area contributed by atoms with E-state index in [1.54, 1.807) is 18.0 Å². The predicted molar refractivity (Wildman–Crippen MR) is 116 cm³/mol. The van der Waals surface area contributed by atoms with Crippen LogP contribution >= 0.6 is 0 Å². The lowest BCUT2D eigenvalue weighted by molar-refractivity contribution is 0.186. The van der Waals surface area contributed by atoms with Gasteiger partial charge in [-0.15, -0.1) is 0 Å². The fourth-order valence-corrected chi connectivity index (χ4v) is 4.48. The molecular weight excluding hydrogens is 380 g/mol. The summed E-state index contributed by atoms with van der Waals surface area (Å²) in [5.41, 5.74) is 4.44. The highest BCUT2D eigenvalue weighted by Crippen LogP contribution is 2.22. The van der Waals surface area contributed by atoms with Crippen LogP contribution in [0.4, 0.5) is 5.69 Å². The van der Waals surface area contributed by atoms with Gasteiger partial charge in [0.1, 0.15) is 0 Å². The summed E-state index contributed by atoms with van der Waals surface area (Å²) in [6, 6.07) is 8.25. The number of benzene rings is 1. The van der Waals surface area contributed by atoms with Crippen molar-refractivity contribution in [1.29, 1.82) is 0 Å². The van der Waals surface area contributed by atoms with Gasteiger partial charge in [-0.25, -0.2) is 4.98 Å². The van der Waals surface area contributed by atoms with Crippen molar-refractivity contribution in [1.82, 2.24) is 24.2 Å². The van der Waals surface area contributed by atoms with Crippen molar-refractivity contribution in [3.05, 3.63) is 52.3 Å². The van der Waals surface area contributed by atoms with Crippen LogP contribution in [-0.4, -0.2) is 64.1 Å². The number of ether oxygens (including phenoxy) is 1. The number of methoxy groups -OCH3 is 1. The molecule has 158 valence electrons. The summed E-state index contributed by atoms with van der Waals surface area (Å²) >= 11 is 0. The summed E-state index contributed by atoms with van der Waals surface area (Å²) in [5.74, 6) is 0. The molecule has 0 atom stereocenters. The van der Waals surface area contributed by atoms with Crippen LogP contribution in [0.5, 0.6) is 0 Å². The number of anilines is 1. The third-order valence-corrected chi connectivity index (χ3v) is 6.18. The maximum Gasteiger partial charge on any atom is 0.261 e. The van der Waals surface area contributed by atoms with E-state index in [1.807, 2.05) is 18.2 Å². The zero-order valence-corrected chi connectivity index (χ0v) is 17.5. The average Bonchev–Trinajstić information content (AvgIpc) is 3.35. The molecule has 2 aliphatic heterocycles. The highest BCUT2D eigenvalue weighted by molar-refractivity contribution is 5.81. The molecule has 0 spiro atoms. The maximum absolute atomic E-state index is 12.6. The lowest BCUT2D eigenvalue weighted by Crippen LogP contribution is -2.46. The number of hydrogen-bond acceptors (Lipinski definition) is 6. The lowest BCUT2D eigenvalue weighted by Gasteiger charge is -2.35. The first kappa shape index (κ1) is 19.3. The van der Waals surface area contributed by atoms with Crippen LogP contribution in [0.25, 0.3) is 10.9 Å². The molecule has 5 rings (SSSR count). The second kappa shape index (κ2) is 8.20. The van der Waals surface area contributed by atoms with E-state index < -0.39 is 0 Å². The fourth-order valence-electron chi connectivity index (χ4n) is 4.48. The van der Waals surface area contributed by atoms with Crippen LogP contribution in [-0.2, 0) is 30.8 Å². The SMILES string of the molecule is COCCn1cnc2cc(N3CCN(Cc4cc5n(n4)CCC5)CC3)ccc2c1=O. The number of aromatic nitrogens is 4. The first-order valence-electron chi connectivity index (χ1n) is 10.7. The van der Waals surface area contributed by atoms with E-state index in [0.29, 0.717) is 18.5 Å². The Morgan fingerprint density at radius 1 is 1.10 bits per heavy atom. The largest absolute Gasteiger partial charge is 0.383 e. The molecular formula is C22H28N6O2.